The molecule has 4 heteroatoms. The van der Waals surface area contributed by atoms with Crippen LogP contribution in [0.4, 0.5) is 0 Å². The SMILES string of the molecule is CN(C)CCOc1cc(/C=C/C2=Cc3ccc(Br)cc3C2)ccc1Cl. The largest absolute Gasteiger partial charge is 0.491 e. The monoisotopic (exact) mass is 417 g/mol. The molecule has 0 saturated carbocycles. The van der Waals surface area contributed by atoms with E-state index < -0.39 is 0 Å². The summed E-state index contributed by atoms with van der Waals surface area (Å²) in [6.07, 6.45) is 7.48. The standard InChI is InChI=1S/C21H21BrClNO/c1-24(2)9-10-25-21-13-15(5-8-20(21)23)3-4-16-11-17-6-7-19(22)14-18(17)12-16/h3-8,11,13-14H,9-10,12H2,1-2H3/b4-3+. The van der Waals surface area contributed by atoms with E-state index in [1.807, 2.05) is 32.3 Å². The molecule has 130 valence electrons. The van der Waals surface area contributed by atoms with Gasteiger partial charge in [-0.25, -0.2) is 0 Å². The zero-order valence-corrected chi connectivity index (χ0v) is 16.8. The zero-order valence-electron chi connectivity index (χ0n) is 14.4. The third-order valence-electron chi connectivity index (χ3n) is 4.08. The third-order valence-corrected chi connectivity index (χ3v) is 4.89. The molecule has 2 nitrogen and oxygen atoms in total. The molecule has 0 spiro atoms. The minimum absolute atomic E-state index is 0.620. The summed E-state index contributed by atoms with van der Waals surface area (Å²) in [5.41, 5.74) is 5.05. The van der Waals surface area contributed by atoms with Crippen LogP contribution in [0.3, 0.4) is 0 Å². The van der Waals surface area contributed by atoms with Gasteiger partial charge in [0.2, 0.25) is 0 Å². The fourth-order valence-corrected chi connectivity index (χ4v) is 3.30. The Labute approximate surface area is 162 Å². The van der Waals surface area contributed by atoms with E-state index in [9.17, 15) is 0 Å². The highest BCUT2D eigenvalue weighted by Gasteiger charge is 2.10. The minimum Gasteiger partial charge on any atom is -0.491 e. The lowest BCUT2D eigenvalue weighted by molar-refractivity contribution is 0.261. The van der Waals surface area contributed by atoms with Gasteiger partial charge in [-0.2, -0.15) is 0 Å². The molecule has 0 saturated heterocycles. The van der Waals surface area contributed by atoms with E-state index in [1.54, 1.807) is 0 Å². The number of benzene rings is 2. The highest BCUT2D eigenvalue weighted by Crippen LogP contribution is 2.30. The van der Waals surface area contributed by atoms with Crippen molar-refractivity contribution < 1.29 is 4.74 Å². The second kappa shape index (κ2) is 8.22. The van der Waals surface area contributed by atoms with Crippen molar-refractivity contribution in [2.24, 2.45) is 0 Å². The molecule has 0 aliphatic heterocycles. The van der Waals surface area contributed by atoms with E-state index in [0.29, 0.717) is 11.6 Å². The Hall–Kier alpha value is -1.55. The Morgan fingerprint density at radius 2 is 2.00 bits per heavy atom. The maximum Gasteiger partial charge on any atom is 0.138 e. The van der Waals surface area contributed by atoms with Crippen molar-refractivity contribution in [2.45, 2.75) is 6.42 Å². The maximum absolute atomic E-state index is 6.24. The molecular weight excluding hydrogens is 398 g/mol. The van der Waals surface area contributed by atoms with Gasteiger partial charge >= 0.3 is 0 Å². The molecule has 1 aliphatic carbocycles. The Bertz CT molecular complexity index is 827. The highest BCUT2D eigenvalue weighted by molar-refractivity contribution is 9.10. The van der Waals surface area contributed by atoms with Gasteiger partial charge in [0.1, 0.15) is 12.4 Å². The van der Waals surface area contributed by atoms with Crippen LogP contribution in [0.25, 0.3) is 12.2 Å². The highest BCUT2D eigenvalue weighted by atomic mass is 79.9. The summed E-state index contributed by atoms with van der Waals surface area (Å²) in [7, 11) is 4.05. The first kappa shape index (κ1) is 18.2. The van der Waals surface area contributed by atoms with Gasteiger partial charge in [0.05, 0.1) is 5.02 Å². The summed E-state index contributed by atoms with van der Waals surface area (Å²) in [5.74, 6) is 0.735. The molecule has 0 unspecified atom stereocenters. The summed E-state index contributed by atoms with van der Waals surface area (Å²) >= 11 is 9.77. The first-order chi connectivity index (χ1) is 12.0. The van der Waals surface area contributed by atoms with E-state index in [-0.39, 0.29) is 0 Å². The van der Waals surface area contributed by atoms with E-state index in [2.05, 4.69) is 57.3 Å². The van der Waals surface area contributed by atoms with Crippen LogP contribution >= 0.6 is 27.5 Å². The quantitative estimate of drug-likeness (QED) is 0.597. The van der Waals surface area contributed by atoms with E-state index in [4.69, 9.17) is 16.3 Å². The molecule has 1 aliphatic rings. The number of hydrogen-bond donors (Lipinski definition) is 0. The van der Waals surface area contributed by atoms with Crippen LogP contribution in [-0.2, 0) is 6.42 Å². The lowest BCUT2D eigenvalue weighted by Crippen LogP contribution is -2.19. The Balaban J connectivity index is 1.68. The maximum atomic E-state index is 6.24. The number of halogens is 2. The third kappa shape index (κ3) is 4.97. The number of ether oxygens (including phenoxy) is 1. The van der Waals surface area contributed by atoms with Crippen LogP contribution in [0.1, 0.15) is 16.7 Å². The number of allylic oxidation sites excluding steroid dienone is 2. The summed E-state index contributed by atoms with van der Waals surface area (Å²) in [6, 6.07) is 12.3. The number of fused-ring (bicyclic) bond motifs is 1. The molecule has 0 aromatic heterocycles. The van der Waals surface area contributed by atoms with Crippen molar-refractivity contribution in [1.82, 2.24) is 4.90 Å². The lowest BCUT2D eigenvalue weighted by atomic mass is 10.1. The molecule has 3 rings (SSSR count). The number of likely N-dealkylation sites (N-methyl/N-ethyl adjacent to an activating group) is 1. The lowest BCUT2D eigenvalue weighted by Gasteiger charge is -2.12. The molecule has 0 fully saturated rings. The van der Waals surface area contributed by atoms with E-state index in [1.165, 1.54) is 16.7 Å². The molecule has 0 bridgehead atoms. The van der Waals surface area contributed by atoms with E-state index in [0.717, 1.165) is 28.8 Å². The molecular formula is C21H21BrClNO. The van der Waals surface area contributed by atoms with Crippen LogP contribution < -0.4 is 4.74 Å². The second-order valence-corrected chi connectivity index (χ2v) is 7.74. The van der Waals surface area contributed by atoms with Crippen LogP contribution in [0.5, 0.6) is 5.75 Å². The molecule has 25 heavy (non-hydrogen) atoms. The Morgan fingerprint density at radius 3 is 2.80 bits per heavy atom. The molecule has 0 N–H and O–H groups in total. The average Bonchev–Trinajstić information content (AvgIpc) is 2.97. The fourth-order valence-electron chi connectivity index (χ4n) is 2.72. The van der Waals surface area contributed by atoms with Crippen molar-refractivity contribution in [2.75, 3.05) is 27.2 Å². The summed E-state index contributed by atoms with van der Waals surface area (Å²) in [5, 5.41) is 0.647. The normalized spacial score (nSPS) is 13.4. The van der Waals surface area contributed by atoms with Crippen molar-refractivity contribution in [3.8, 4) is 5.75 Å². The average molecular weight is 419 g/mol. The van der Waals surface area contributed by atoms with Gasteiger partial charge in [0, 0.05) is 11.0 Å². The first-order valence-corrected chi connectivity index (χ1v) is 9.42. The predicted molar refractivity (Wildman–Crippen MR) is 110 cm³/mol. The molecule has 0 atom stereocenters. The minimum atomic E-state index is 0.620. The zero-order chi connectivity index (χ0) is 17.8. The summed E-state index contributed by atoms with van der Waals surface area (Å²) in [6.45, 7) is 1.48. The van der Waals surface area contributed by atoms with Crippen LogP contribution in [0.2, 0.25) is 5.02 Å². The van der Waals surface area contributed by atoms with Gasteiger partial charge in [0.25, 0.3) is 0 Å². The van der Waals surface area contributed by atoms with Gasteiger partial charge in [-0.05, 0) is 67.0 Å². The van der Waals surface area contributed by atoms with Crippen LogP contribution in [0.15, 0.2) is 52.5 Å². The van der Waals surface area contributed by atoms with Gasteiger partial charge in [-0.3, -0.25) is 0 Å². The van der Waals surface area contributed by atoms with Gasteiger partial charge in [0.15, 0.2) is 0 Å². The van der Waals surface area contributed by atoms with Crippen LogP contribution in [-0.4, -0.2) is 32.1 Å². The number of rotatable bonds is 6. The van der Waals surface area contributed by atoms with Crippen LogP contribution in [0, 0.1) is 0 Å². The van der Waals surface area contributed by atoms with Crippen molar-refractivity contribution in [1.29, 1.82) is 0 Å². The van der Waals surface area contributed by atoms with Crippen molar-refractivity contribution in [3.05, 3.63) is 74.2 Å². The predicted octanol–water partition coefficient (Wildman–Crippen LogP) is 5.70. The van der Waals surface area contributed by atoms with Gasteiger partial charge < -0.3 is 9.64 Å². The molecule has 0 amide bonds. The second-order valence-electron chi connectivity index (χ2n) is 6.41. The smallest absolute Gasteiger partial charge is 0.138 e. The van der Waals surface area contributed by atoms with Crippen molar-refractivity contribution in [3.63, 3.8) is 0 Å². The Morgan fingerprint density at radius 1 is 1.16 bits per heavy atom. The first-order valence-electron chi connectivity index (χ1n) is 8.25. The molecule has 2 aromatic rings. The number of nitrogens with zero attached hydrogens (tertiary/aromatic N) is 1. The van der Waals surface area contributed by atoms with Gasteiger partial charge in [-0.1, -0.05) is 57.9 Å². The molecule has 0 heterocycles. The Kier molecular flexibility index (Phi) is 6.00. The van der Waals surface area contributed by atoms with Gasteiger partial charge in [-0.15, -0.1) is 0 Å². The summed E-state index contributed by atoms with van der Waals surface area (Å²) in [4.78, 5) is 2.08. The number of hydrogen-bond acceptors (Lipinski definition) is 2. The summed E-state index contributed by atoms with van der Waals surface area (Å²) < 4.78 is 6.92. The fraction of sp³-hybridized carbons (Fsp3) is 0.238. The molecule has 0 radical (unpaired) electrons. The van der Waals surface area contributed by atoms with Crippen molar-refractivity contribution >= 4 is 39.7 Å². The molecule has 2 aromatic carbocycles. The van der Waals surface area contributed by atoms with E-state index >= 15 is 0 Å². The topological polar surface area (TPSA) is 12.5 Å².